The van der Waals surface area contributed by atoms with Gasteiger partial charge in [0.25, 0.3) is 0 Å². The molecule has 0 saturated heterocycles. The highest BCUT2D eigenvalue weighted by Crippen LogP contribution is 1.73. The largest absolute Gasteiger partial charge is 0.462 e. The van der Waals surface area contributed by atoms with Crippen LogP contribution in [-0.2, 0) is 19.1 Å². The van der Waals surface area contributed by atoms with Crippen LogP contribution < -0.4 is 0 Å². The van der Waals surface area contributed by atoms with Gasteiger partial charge in [-0.2, -0.15) is 0 Å². The van der Waals surface area contributed by atoms with E-state index >= 15 is 0 Å². The minimum atomic E-state index is -0.329. The molecule has 0 aliphatic heterocycles. The summed E-state index contributed by atoms with van der Waals surface area (Å²) in [5.74, 6) is -0.593. The Balaban J connectivity index is 0. The van der Waals surface area contributed by atoms with Crippen molar-refractivity contribution in [2.45, 2.75) is 13.8 Å². The standard InChI is InChI=1S/C5H8O2.C4H6O2/c1-3-4-7-5(2)6;1-3-6-4(2)5/h3H,1,4H2,2H3;3H,1H2,2H3. The van der Waals surface area contributed by atoms with E-state index in [0.717, 1.165) is 6.26 Å². The predicted molar refractivity (Wildman–Crippen MR) is 48.8 cm³/mol. The van der Waals surface area contributed by atoms with Gasteiger partial charge in [-0.1, -0.05) is 19.2 Å². The average Bonchev–Trinajstić information content (AvgIpc) is 2.01. The smallest absolute Gasteiger partial charge is 0.307 e. The van der Waals surface area contributed by atoms with Crippen LogP contribution in [0.1, 0.15) is 13.8 Å². The van der Waals surface area contributed by atoms with Crippen molar-refractivity contribution in [1.29, 1.82) is 0 Å². The Hall–Kier alpha value is -1.58. The predicted octanol–water partition coefficient (Wildman–Crippen LogP) is 1.43. The van der Waals surface area contributed by atoms with Gasteiger partial charge in [-0.3, -0.25) is 9.59 Å². The Morgan fingerprint density at radius 1 is 1.23 bits per heavy atom. The van der Waals surface area contributed by atoms with Crippen molar-refractivity contribution in [3.05, 3.63) is 25.5 Å². The van der Waals surface area contributed by atoms with Crippen molar-refractivity contribution in [3.8, 4) is 0 Å². The molecule has 0 saturated carbocycles. The molecule has 0 fully saturated rings. The summed E-state index contributed by atoms with van der Waals surface area (Å²) < 4.78 is 8.60. The highest BCUT2D eigenvalue weighted by molar-refractivity contribution is 5.66. The normalized spacial score (nSPS) is 7.23. The quantitative estimate of drug-likeness (QED) is 0.380. The average molecular weight is 186 g/mol. The van der Waals surface area contributed by atoms with Crippen LogP contribution in [0.15, 0.2) is 25.5 Å². The van der Waals surface area contributed by atoms with Gasteiger partial charge in [0.05, 0.1) is 6.26 Å². The van der Waals surface area contributed by atoms with E-state index in [4.69, 9.17) is 0 Å². The lowest BCUT2D eigenvalue weighted by Gasteiger charge is -1.90. The summed E-state index contributed by atoms with van der Waals surface area (Å²) in [5.41, 5.74) is 0. The Bertz CT molecular complexity index is 184. The molecule has 4 nitrogen and oxygen atoms in total. The van der Waals surface area contributed by atoms with E-state index in [9.17, 15) is 9.59 Å². The molecule has 0 aromatic heterocycles. The molecule has 0 amide bonds. The number of carbonyl (C=O) groups is 2. The zero-order chi connectivity index (χ0) is 10.7. The fourth-order valence-electron chi connectivity index (χ4n) is 0.294. The third kappa shape index (κ3) is 25.1. The third-order valence-electron chi connectivity index (χ3n) is 0.654. The van der Waals surface area contributed by atoms with Crippen LogP contribution in [0.4, 0.5) is 0 Å². The number of ether oxygens (including phenoxy) is 2. The lowest BCUT2D eigenvalue weighted by Crippen LogP contribution is -1.96. The van der Waals surface area contributed by atoms with Crippen molar-refractivity contribution in [3.63, 3.8) is 0 Å². The summed E-state index contributed by atoms with van der Waals surface area (Å²) in [4.78, 5) is 19.7. The molecule has 0 bridgehead atoms. The van der Waals surface area contributed by atoms with Gasteiger partial charge in [-0.25, -0.2) is 0 Å². The number of rotatable bonds is 3. The highest BCUT2D eigenvalue weighted by atomic mass is 16.5. The van der Waals surface area contributed by atoms with Gasteiger partial charge in [0.1, 0.15) is 6.61 Å². The van der Waals surface area contributed by atoms with Crippen LogP contribution in [0.25, 0.3) is 0 Å². The Kier molecular flexibility index (Phi) is 11.2. The Morgan fingerprint density at radius 3 is 1.85 bits per heavy atom. The van der Waals surface area contributed by atoms with Gasteiger partial charge < -0.3 is 9.47 Å². The van der Waals surface area contributed by atoms with E-state index in [1.165, 1.54) is 19.9 Å². The van der Waals surface area contributed by atoms with Gasteiger partial charge >= 0.3 is 11.9 Å². The fourth-order valence-corrected chi connectivity index (χ4v) is 0.294. The summed E-state index contributed by atoms with van der Waals surface area (Å²) in [6.45, 7) is 9.51. The molecule has 0 aliphatic carbocycles. The maximum atomic E-state index is 9.93. The molecule has 0 N–H and O–H groups in total. The van der Waals surface area contributed by atoms with E-state index in [0.29, 0.717) is 6.61 Å². The maximum absolute atomic E-state index is 9.93. The molecule has 0 atom stereocenters. The topological polar surface area (TPSA) is 52.6 Å². The first-order chi connectivity index (χ1) is 6.04. The van der Waals surface area contributed by atoms with Gasteiger partial charge in [-0.15, -0.1) is 0 Å². The van der Waals surface area contributed by atoms with Crippen LogP contribution >= 0.6 is 0 Å². The molecule has 13 heavy (non-hydrogen) atoms. The lowest BCUT2D eigenvalue weighted by molar-refractivity contribution is -0.139. The molecule has 0 spiro atoms. The molecule has 0 unspecified atom stereocenters. The zero-order valence-corrected chi connectivity index (χ0v) is 7.91. The Labute approximate surface area is 77.8 Å². The minimum Gasteiger partial charge on any atom is -0.462 e. The summed E-state index contributed by atoms with van der Waals surface area (Å²) in [7, 11) is 0. The Morgan fingerprint density at radius 2 is 1.77 bits per heavy atom. The van der Waals surface area contributed by atoms with E-state index < -0.39 is 0 Å². The van der Waals surface area contributed by atoms with Gasteiger partial charge in [0.15, 0.2) is 0 Å². The summed E-state index contributed by atoms with van der Waals surface area (Å²) in [6.07, 6.45) is 2.63. The molecular weight excluding hydrogens is 172 g/mol. The summed E-state index contributed by atoms with van der Waals surface area (Å²) in [6, 6.07) is 0. The maximum Gasteiger partial charge on any atom is 0.307 e. The SMILES string of the molecule is C=CCOC(C)=O.C=COC(C)=O. The van der Waals surface area contributed by atoms with Crippen LogP contribution in [0, 0.1) is 0 Å². The second-order valence-electron chi connectivity index (χ2n) is 1.87. The first kappa shape index (κ1) is 14.0. The van der Waals surface area contributed by atoms with E-state index in [-0.39, 0.29) is 11.9 Å². The fraction of sp³-hybridized carbons (Fsp3) is 0.333. The summed E-state index contributed by atoms with van der Waals surface area (Å²) in [5, 5.41) is 0. The zero-order valence-electron chi connectivity index (χ0n) is 7.91. The monoisotopic (exact) mass is 186 g/mol. The molecule has 74 valence electrons. The van der Waals surface area contributed by atoms with Crippen molar-refractivity contribution in [2.24, 2.45) is 0 Å². The van der Waals surface area contributed by atoms with Crippen LogP contribution in [-0.4, -0.2) is 18.5 Å². The van der Waals surface area contributed by atoms with Crippen LogP contribution in [0.3, 0.4) is 0 Å². The molecule has 0 aromatic rings. The van der Waals surface area contributed by atoms with E-state index in [1.807, 2.05) is 0 Å². The first-order valence-corrected chi connectivity index (χ1v) is 3.57. The molecule has 0 aliphatic rings. The summed E-state index contributed by atoms with van der Waals surface area (Å²) >= 11 is 0. The number of hydrogen-bond donors (Lipinski definition) is 0. The highest BCUT2D eigenvalue weighted by Gasteiger charge is 1.83. The van der Waals surface area contributed by atoms with Crippen LogP contribution in [0.5, 0.6) is 0 Å². The molecule has 0 aromatic carbocycles. The molecule has 0 rings (SSSR count). The second kappa shape index (κ2) is 10.4. The van der Waals surface area contributed by atoms with E-state index in [1.54, 1.807) is 0 Å². The second-order valence-corrected chi connectivity index (χ2v) is 1.87. The van der Waals surface area contributed by atoms with Crippen molar-refractivity contribution in [1.82, 2.24) is 0 Å². The van der Waals surface area contributed by atoms with E-state index in [2.05, 4.69) is 22.6 Å². The minimum absolute atomic E-state index is 0.264. The van der Waals surface area contributed by atoms with Gasteiger partial charge in [-0.05, 0) is 0 Å². The van der Waals surface area contributed by atoms with Gasteiger partial charge in [0.2, 0.25) is 0 Å². The molecule has 4 heteroatoms. The molecular formula is C9H14O4. The first-order valence-electron chi connectivity index (χ1n) is 3.57. The third-order valence-corrected chi connectivity index (χ3v) is 0.654. The van der Waals surface area contributed by atoms with Crippen molar-refractivity contribution in [2.75, 3.05) is 6.61 Å². The number of carbonyl (C=O) groups excluding carboxylic acids is 2. The lowest BCUT2D eigenvalue weighted by atomic mass is 10.7. The molecule has 0 heterocycles. The number of esters is 2. The molecule has 0 radical (unpaired) electrons. The van der Waals surface area contributed by atoms with Gasteiger partial charge in [0, 0.05) is 13.8 Å². The van der Waals surface area contributed by atoms with Crippen LogP contribution in [0.2, 0.25) is 0 Å². The van der Waals surface area contributed by atoms with Crippen molar-refractivity contribution < 1.29 is 19.1 Å². The number of hydrogen-bond acceptors (Lipinski definition) is 4. The van der Waals surface area contributed by atoms with Crippen molar-refractivity contribution >= 4 is 11.9 Å².